The van der Waals surface area contributed by atoms with Gasteiger partial charge in [-0.3, -0.25) is 9.59 Å². The van der Waals surface area contributed by atoms with E-state index in [1.807, 2.05) is 55.5 Å². The maximum Gasteiger partial charge on any atom is 0.257 e. The Morgan fingerprint density at radius 3 is 2.35 bits per heavy atom. The average Bonchev–Trinajstić information content (AvgIpc) is 3.28. The molecule has 2 amide bonds. The van der Waals surface area contributed by atoms with Crippen molar-refractivity contribution in [2.45, 2.75) is 30.6 Å². The van der Waals surface area contributed by atoms with Crippen LogP contribution in [0.2, 0.25) is 0 Å². The van der Waals surface area contributed by atoms with E-state index in [1.165, 1.54) is 17.7 Å². The van der Waals surface area contributed by atoms with Gasteiger partial charge in [0.15, 0.2) is 9.84 Å². The normalized spacial score (nSPS) is 14.6. The third-order valence-electron chi connectivity index (χ3n) is 6.97. The highest BCUT2D eigenvalue weighted by molar-refractivity contribution is 7.90. The van der Waals surface area contributed by atoms with Crippen molar-refractivity contribution >= 4 is 38.2 Å². The van der Waals surface area contributed by atoms with Crippen LogP contribution in [0.3, 0.4) is 0 Å². The second-order valence-corrected chi connectivity index (χ2v) is 11.7. The Bertz CT molecular complexity index is 1580. The van der Waals surface area contributed by atoms with Gasteiger partial charge in [0.2, 0.25) is 0 Å². The molecule has 0 unspecified atom stereocenters. The van der Waals surface area contributed by atoms with E-state index in [9.17, 15) is 18.0 Å². The Hall–Kier alpha value is -3.91. The number of piperidine rings is 1. The van der Waals surface area contributed by atoms with Crippen molar-refractivity contribution in [1.82, 2.24) is 9.88 Å². The van der Waals surface area contributed by atoms with E-state index < -0.39 is 9.84 Å². The molecule has 2 N–H and O–H groups in total. The molecule has 0 spiro atoms. The van der Waals surface area contributed by atoms with Gasteiger partial charge in [-0.2, -0.15) is 0 Å². The van der Waals surface area contributed by atoms with Crippen molar-refractivity contribution in [3.05, 3.63) is 95.2 Å². The fraction of sp³-hybridized carbons (Fsp3) is 0.241. The summed E-state index contributed by atoms with van der Waals surface area (Å²) in [6.45, 7) is 3.17. The summed E-state index contributed by atoms with van der Waals surface area (Å²) in [5.74, 6) is 0.00746. The number of para-hydroxylation sites is 1. The molecule has 0 saturated carbocycles. The number of anilines is 1. The highest BCUT2D eigenvalue weighted by Crippen LogP contribution is 2.30. The molecule has 0 aliphatic carbocycles. The maximum absolute atomic E-state index is 13.0. The number of benzene rings is 3. The van der Waals surface area contributed by atoms with Crippen LogP contribution in [0, 0.1) is 6.92 Å². The first-order valence-corrected chi connectivity index (χ1v) is 14.2. The number of fused-ring (bicyclic) bond motifs is 1. The molecule has 3 aromatic carbocycles. The van der Waals surface area contributed by atoms with Gasteiger partial charge < -0.3 is 15.2 Å². The molecule has 7 nitrogen and oxygen atoms in total. The molecule has 1 aliphatic rings. The van der Waals surface area contributed by atoms with Crippen molar-refractivity contribution in [3.63, 3.8) is 0 Å². The molecule has 1 fully saturated rings. The molecular formula is C29H29N3O4S. The zero-order valence-electron chi connectivity index (χ0n) is 20.8. The van der Waals surface area contributed by atoms with Gasteiger partial charge in [0.25, 0.3) is 11.8 Å². The maximum atomic E-state index is 13.0. The monoisotopic (exact) mass is 515 g/mol. The highest BCUT2D eigenvalue weighted by Gasteiger charge is 2.25. The number of carbonyl (C=O) groups excluding carboxylic acids is 2. The SMILES string of the molecule is Cc1cc2cccc(C(=O)Nc3ccc(C4CCN(C(=O)c5cccc(S(C)(=O)=O)c5)CC4)cc3)c2[nH]1. The molecule has 1 saturated heterocycles. The van der Waals surface area contributed by atoms with Crippen LogP contribution < -0.4 is 5.32 Å². The van der Waals surface area contributed by atoms with E-state index >= 15 is 0 Å². The number of nitrogens with zero attached hydrogens (tertiary/aromatic N) is 1. The predicted octanol–water partition coefficient (Wildman–Crippen LogP) is 5.15. The Morgan fingerprint density at radius 1 is 0.946 bits per heavy atom. The van der Waals surface area contributed by atoms with Crippen LogP contribution in [0.25, 0.3) is 10.9 Å². The van der Waals surface area contributed by atoms with Gasteiger partial charge >= 0.3 is 0 Å². The van der Waals surface area contributed by atoms with Crippen molar-refractivity contribution in [1.29, 1.82) is 0 Å². The number of aryl methyl sites for hydroxylation is 1. The number of amides is 2. The first-order chi connectivity index (χ1) is 17.7. The fourth-order valence-corrected chi connectivity index (χ4v) is 5.65. The summed E-state index contributed by atoms with van der Waals surface area (Å²) in [6.07, 6.45) is 2.77. The lowest BCUT2D eigenvalue weighted by molar-refractivity contribution is 0.0712. The molecule has 5 rings (SSSR count). The first-order valence-electron chi connectivity index (χ1n) is 12.3. The van der Waals surface area contributed by atoms with Crippen LogP contribution in [-0.4, -0.2) is 49.5 Å². The molecule has 0 radical (unpaired) electrons. The minimum atomic E-state index is -3.37. The van der Waals surface area contributed by atoms with Gasteiger partial charge in [-0.25, -0.2) is 8.42 Å². The summed E-state index contributed by atoms with van der Waals surface area (Å²) in [5, 5.41) is 4.00. The molecule has 4 aromatic rings. The molecule has 37 heavy (non-hydrogen) atoms. The van der Waals surface area contributed by atoms with Crippen molar-refractivity contribution < 1.29 is 18.0 Å². The summed E-state index contributed by atoms with van der Waals surface area (Å²) in [7, 11) is -3.37. The Kier molecular flexibility index (Phi) is 6.60. The second kappa shape index (κ2) is 9.86. The van der Waals surface area contributed by atoms with Gasteiger partial charge in [0.05, 0.1) is 16.0 Å². The molecule has 2 heterocycles. The van der Waals surface area contributed by atoms with Crippen LogP contribution >= 0.6 is 0 Å². The molecule has 1 aliphatic heterocycles. The lowest BCUT2D eigenvalue weighted by Crippen LogP contribution is -2.38. The number of aromatic amines is 1. The summed E-state index contributed by atoms with van der Waals surface area (Å²) in [4.78, 5) is 31.1. The summed E-state index contributed by atoms with van der Waals surface area (Å²) < 4.78 is 23.7. The predicted molar refractivity (Wildman–Crippen MR) is 145 cm³/mol. The standard InChI is InChI=1S/C29H29N3O4S/c1-19-17-22-5-4-8-26(27(22)30-19)28(33)31-24-11-9-20(10-12-24)21-13-15-32(16-14-21)29(34)23-6-3-7-25(18-23)37(2,35)36/h3-12,17-18,21,30H,13-16H2,1-2H3,(H,31,33). The molecule has 1 aromatic heterocycles. The molecule has 190 valence electrons. The van der Waals surface area contributed by atoms with Gasteiger partial charge in [0, 0.05) is 41.7 Å². The fourth-order valence-electron chi connectivity index (χ4n) is 4.98. The highest BCUT2D eigenvalue weighted by atomic mass is 32.2. The quantitative estimate of drug-likeness (QED) is 0.384. The Labute approximate surface area is 216 Å². The van der Waals surface area contributed by atoms with Gasteiger partial charge in [0.1, 0.15) is 0 Å². The Balaban J connectivity index is 1.21. The van der Waals surface area contributed by atoms with Crippen molar-refractivity contribution in [2.75, 3.05) is 24.7 Å². The summed E-state index contributed by atoms with van der Waals surface area (Å²) in [6, 6.07) is 21.8. The topological polar surface area (TPSA) is 99.3 Å². The van der Waals surface area contributed by atoms with E-state index in [4.69, 9.17) is 0 Å². The van der Waals surface area contributed by atoms with E-state index in [2.05, 4.69) is 10.3 Å². The minimum absolute atomic E-state index is 0.144. The van der Waals surface area contributed by atoms with Crippen LogP contribution in [-0.2, 0) is 9.84 Å². The average molecular weight is 516 g/mol. The number of sulfone groups is 1. The van der Waals surface area contributed by atoms with Gasteiger partial charge in [-0.05, 0) is 73.7 Å². The molecular weight excluding hydrogens is 486 g/mol. The first kappa shape index (κ1) is 24.8. The number of rotatable bonds is 5. The zero-order valence-corrected chi connectivity index (χ0v) is 21.6. The van der Waals surface area contributed by atoms with Crippen molar-refractivity contribution in [3.8, 4) is 0 Å². The van der Waals surface area contributed by atoms with E-state index in [-0.39, 0.29) is 16.7 Å². The third-order valence-corrected chi connectivity index (χ3v) is 8.08. The van der Waals surface area contributed by atoms with Gasteiger partial charge in [-0.15, -0.1) is 0 Å². The van der Waals surface area contributed by atoms with Crippen LogP contribution in [0.15, 0.2) is 77.7 Å². The number of aromatic nitrogens is 1. The number of hydrogen-bond donors (Lipinski definition) is 2. The molecule has 0 atom stereocenters. The van der Waals surface area contributed by atoms with E-state index in [1.54, 1.807) is 17.0 Å². The third kappa shape index (κ3) is 5.29. The molecule has 8 heteroatoms. The summed E-state index contributed by atoms with van der Waals surface area (Å²) >= 11 is 0. The van der Waals surface area contributed by atoms with E-state index in [0.717, 1.165) is 41.4 Å². The second-order valence-electron chi connectivity index (χ2n) is 9.66. The number of nitrogens with one attached hydrogen (secondary N) is 2. The number of likely N-dealkylation sites (tertiary alicyclic amines) is 1. The lowest BCUT2D eigenvalue weighted by atomic mass is 9.89. The number of hydrogen-bond acceptors (Lipinski definition) is 4. The van der Waals surface area contributed by atoms with Crippen LogP contribution in [0.5, 0.6) is 0 Å². The number of H-pyrrole nitrogens is 1. The Morgan fingerprint density at radius 2 is 1.65 bits per heavy atom. The van der Waals surface area contributed by atoms with E-state index in [0.29, 0.717) is 30.1 Å². The van der Waals surface area contributed by atoms with Crippen LogP contribution in [0.4, 0.5) is 5.69 Å². The van der Waals surface area contributed by atoms with Crippen LogP contribution in [0.1, 0.15) is 50.7 Å². The summed E-state index contributed by atoms with van der Waals surface area (Å²) in [5.41, 5.74) is 4.74. The zero-order chi connectivity index (χ0) is 26.2. The van der Waals surface area contributed by atoms with Gasteiger partial charge in [-0.1, -0.05) is 30.3 Å². The molecule has 0 bridgehead atoms. The smallest absolute Gasteiger partial charge is 0.257 e. The lowest BCUT2D eigenvalue weighted by Gasteiger charge is -2.32. The number of carbonyl (C=O) groups is 2. The largest absolute Gasteiger partial charge is 0.358 e. The minimum Gasteiger partial charge on any atom is -0.358 e. The van der Waals surface area contributed by atoms with Crippen molar-refractivity contribution in [2.24, 2.45) is 0 Å².